The summed E-state index contributed by atoms with van der Waals surface area (Å²) in [6.45, 7) is -0.341. The molecule has 1 aliphatic heterocycles. The molecule has 1 aromatic rings. The topological polar surface area (TPSA) is 107 Å². The third-order valence-electron chi connectivity index (χ3n) is 2.58. The Morgan fingerprint density at radius 3 is 2.74 bits per heavy atom. The van der Waals surface area contributed by atoms with Gasteiger partial charge in [-0.3, -0.25) is 9.10 Å². The fourth-order valence-corrected chi connectivity index (χ4v) is 3.14. The molecule has 1 aromatic carbocycles. The number of hydrogen-bond donors (Lipinski definition) is 2. The molecule has 19 heavy (non-hydrogen) atoms. The molecular weight excluding hydrogens is 272 g/mol. The van der Waals surface area contributed by atoms with Crippen LogP contribution in [0.5, 0.6) is 0 Å². The zero-order valence-corrected chi connectivity index (χ0v) is 10.6. The molecule has 0 radical (unpaired) electrons. The number of β-amino-alcohol motifs (C(OH)–C–C–N with tert-alkyl or cyclic N) is 1. The molecule has 7 nitrogen and oxygen atoms in total. The van der Waals surface area contributed by atoms with Crippen molar-refractivity contribution in [3.63, 3.8) is 0 Å². The largest absolute Gasteiger partial charge is 0.481 e. The van der Waals surface area contributed by atoms with Crippen LogP contribution >= 0.6 is 0 Å². The van der Waals surface area contributed by atoms with Crippen LogP contribution < -0.4 is 0 Å². The lowest BCUT2D eigenvalue weighted by molar-refractivity contribution is -0.139. The molecule has 2 N–H and O–H groups in total. The molecule has 0 spiro atoms. The Hall–Kier alpha value is -1.93. The van der Waals surface area contributed by atoms with E-state index in [0.717, 1.165) is 10.6 Å². The molecule has 0 bridgehead atoms. The maximum Gasteiger partial charge on any atom is 0.306 e. The Balaban J connectivity index is 2.25. The summed E-state index contributed by atoms with van der Waals surface area (Å²) in [5.74, 6) is -1.20. The van der Waals surface area contributed by atoms with Crippen molar-refractivity contribution in [2.24, 2.45) is 4.99 Å². The quantitative estimate of drug-likeness (QED) is 0.820. The molecular formula is C11H12N2O5S. The molecule has 2 rings (SSSR count). The summed E-state index contributed by atoms with van der Waals surface area (Å²) in [5.41, 5.74) is 0.325. The van der Waals surface area contributed by atoms with Gasteiger partial charge in [0, 0.05) is 0 Å². The lowest BCUT2D eigenvalue weighted by Gasteiger charge is -2.25. The Morgan fingerprint density at radius 1 is 1.37 bits per heavy atom. The number of para-hydroxylation sites is 1. The van der Waals surface area contributed by atoms with E-state index >= 15 is 0 Å². The first kappa shape index (κ1) is 13.5. The average Bonchev–Trinajstić information content (AvgIpc) is 2.32. The lowest BCUT2D eigenvalue weighted by Crippen LogP contribution is -2.38. The van der Waals surface area contributed by atoms with Crippen LogP contribution in [0, 0.1) is 0 Å². The third-order valence-corrected chi connectivity index (χ3v) is 4.34. The SMILES string of the molecule is O=C(O)CC(O)CN1C=Nc2ccccc2S1(=O)=O. The van der Waals surface area contributed by atoms with E-state index in [0.29, 0.717) is 5.69 Å². The number of hydrogen-bond acceptors (Lipinski definition) is 5. The van der Waals surface area contributed by atoms with Gasteiger partial charge in [-0.15, -0.1) is 0 Å². The Morgan fingerprint density at radius 2 is 2.05 bits per heavy atom. The predicted molar refractivity (Wildman–Crippen MR) is 66.7 cm³/mol. The van der Waals surface area contributed by atoms with Crippen molar-refractivity contribution in [3.8, 4) is 0 Å². The van der Waals surface area contributed by atoms with E-state index in [1.54, 1.807) is 18.2 Å². The summed E-state index contributed by atoms with van der Waals surface area (Å²) < 4.78 is 25.3. The molecule has 0 saturated heterocycles. The number of sulfonamides is 1. The highest BCUT2D eigenvalue weighted by Gasteiger charge is 2.30. The van der Waals surface area contributed by atoms with Gasteiger partial charge in [0.15, 0.2) is 0 Å². The van der Waals surface area contributed by atoms with Crippen molar-refractivity contribution in [1.82, 2.24) is 4.31 Å². The summed E-state index contributed by atoms with van der Waals surface area (Å²) in [4.78, 5) is 14.5. The smallest absolute Gasteiger partial charge is 0.306 e. The fourth-order valence-electron chi connectivity index (χ4n) is 1.72. The number of carbonyl (C=O) groups is 1. The van der Waals surface area contributed by atoms with Crippen molar-refractivity contribution >= 4 is 28.0 Å². The van der Waals surface area contributed by atoms with E-state index in [1.165, 1.54) is 6.07 Å². The highest BCUT2D eigenvalue weighted by atomic mass is 32.2. The number of nitrogens with zero attached hydrogens (tertiary/aromatic N) is 2. The van der Waals surface area contributed by atoms with E-state index in [4.69, 9.17) is 5.11 Å². The molecule has 1 heterocycles. The minimum atomic E-state index is -3.78. The lowest BCUT2D eigenvalue weighted by atomic mass is 10.2. The molecule has 102 valence electrons. The van der Waals surface area contributed by atoms with Gasteiger partial charge in [-0.2, -0.15) is 0 Å². The molecule has 0 saturated carbocycles. The minimum absolute atomic E-state index is 0.0417. The summed E-state index contributed by atoms with van der Waals surface area (Å²) >= 11 is 0. The molecule has 0 fully saturated rings. The van der Waals surface area contributed by atoms with Gasteiger partial charge in [0.25, 0.3) is 10.0 Å². The normalized spacial score (nSPS) is 17.8. The number of aliphatic carboxylic acids is 1. The monoisotopic (exact) mass is 284 g/mol. The summed E-state index contributed by atoms with van der Waals surface area (Å²) in [6, 6.07) is 6.22. The van der Waals surface area contributed by atoms with E-state index in [1.807, 2.05) is 0 Å². The number of rotatable bonds is 4. The van der Waals surface area contributed by atoms with Crippen LogP contribution in [0.3, 0.4) is 0 Å². The van der Waals surface area contributed by atoms with Gasteiger partial charge in [0.2, 0.25) is 0 Å². The highest BCUT2D eigenvalue weighted by Crippen LogP contribution is 2.29. The number of fused-ring (bicyclic) bond motifs is 1. The second kappa shape index (κ2) is 4.98. The highest BCUT2D eigenvalue weighted by molar-refractivity contribution is 7.89. The standard InChI is InChI=1S/C11H12N2O5S/c14-8(5-11(15)16)6-13-7-12-9-3-1-2-4-10(9)19(13,17)18/h1-4,7-8,14H,5-6H2,(H,15,16). The van der Waals surface area contributed by atoms with Crippen molar-refractivity contribution in [3.05, 3.63) is 24.3 Å². The van der Waals surface area contributed by atoms with Crippen molar-refractivity contribution < 1.29 is 23.4 Å². The van der Waals surface area contributed by atoms with E-state index in [2.05, 4.69) is 4.99 Å². The summed E-state index contributed by atoms with van der Waals surface area (Å²) in [5, 5.41) is 18.0. The van der Waals surface area contributed by atoms with Crippen LogP contribution in [0.15, 0.2) is 34.2 Å². The predicted octanol–water partition coefficient (Wildman–Crippen LogP) is 0.186. The Kier molecular flexibility index (Phi) is 3.54. The molecule has 1 aliphatic rings. The molecule has 0 aliphatic carbocycles. The number of benzene rings is 1. The zero-order valence-electron chi connectivity index (χ0n) is 9.80. The summed E-state index contributed by atoms with van der Waals surface area (Å²) in [6.07, 6.45) is -0.728. The van der Waals surface area contributed by atoms with Crippen LogP contribution in [0.2, 0.25) is 0 Å². The number of carboxylic acid groups (broad SMARTS) is 1. The van der Waals surface area contributed by atoms with Gasteiger partial charge in [-0.05, 0) is 12.1 Å². The first-order valence-electron chi connectivity index (χ1n) is 5.46. The zero-order chi connectivity index (χ0) is 14.0. The number of aliphatic hydroxyl groups excluding tert-OH is 1. The second-order valence-electron chi connectivity index (χ2n) is 4.04. The molecule has 1 unspecified atom stereocenters. The van der Waals surface area contributed by atoms with Gasteiger partial charge in [-0.1, -0.05) is 12.1 Å². The number of aliphatic hydroxyl groups is 1. The molecule has 0 aromatic heterocycles. The number of carboxylic acids is 1. The van der Waals surface area contributed by atoms with E-state index in [-0.39, 0.29) is 11.4 Å². The fraction of sp³-hybridized carbons (Fsp3) is 0.273. The Bertz CT molecular complexity index is 626. The second-order valence-corrected chi connectivity index (χ2v) is 5.90. The maximum atomic E-state index is 12.2. The van der Waals surface area contributed by atoms with Crippen LogP contribution in [0.25, 0.3) is 0 Å². The average molecular weight is 284 g/mol. The summed E-state index contributed by atoms with van der Waals surface area (Å²) in [7, 11) is -3.78. The number of aliphatic imine (C=N–C) groups is 1. The van der Waals surface area contributed by atoms with Crippen molar-refractivity contribution in [2.75, 3.05) is 6.54 Å². The molecule has 0 amide bonds. The van der Waals surface area contributed by atoms with Crippen LogP contribution in [-0.2, 0) is 14.8 Å². The maximum absolute atomic E-state index is 12.2. The van der Waals surface area contributed by atoms with Gasteiger partial charge in [0.05, 0.1) is 24.8 Å². The molecule has 1 atom stereocenters. The van der Waals surface area contributed by atoms with Crippen LogP contribution in [0.1, 0.15) is 6.42 Å². The van der Waals surface area contributed by atoms with Crippen molar-refractivity contribution in [1.29, 1.82) is 0 Å². The Labute approximate surface area is 109 Å². The van der Waals surface area contributed by atoms with Gasteiger partial charge >= 0.3 is 5.97 Å². The molecule has 8 heteroatoms. The van der Waals surface area contributed by atoms with E-state index in [9.17, 15) is 18.3 Å². The first-order valence-corrected chi connectivity index (χ1v) is 6.90. The van der Waals surface area contributed by atoms with Crippen LogP contribution in [-0.4, -0.2) is 47.9 Å². The van der Waals surface area contributed by atoms with Crippen LogP contribution in [0.4, 0.5) is 5.69 Å². The van der Waals surface area contributed by atoms with E-state index < -0.39 is 28.5 Å². The van der Waals surface area contributed by atoms with Gasteiger partial charge < -0.3 is 10.2 Å². The minimum Gasteiger partial charge on any atom is -0.481 e. The first-order chi connectivity index (χ1) is 8.91. The van der Waals surface area contributed by atoms with Gasteiger partial charge in [0.1, 0.15) is 11.2 Å². The third kappa shape index (κ3) is 2.74. The van der Waals surface area contributed by atoms with Crippen molar-refractivity contribution in [2.45, 2.75) is 17.4 Å². The van der Waals surface area contributed by atoms with Gasteiger partial charge in [-0.25, -0.2) is 13.4 Å².